The molecule has 106 valence electrons. The van der Waals surface area contributed by atoms with Crippen LogP contribution in [0.25, 0.3) is 11.1 Å². The fourth-order valence-electron chi connectivity index (χ4n) is 2.54. The molecule has 0 atom stereocenters. The van der Waals surface area contributed by atoms with Gasteiger partial charge in [0.05, 0.1) is 0 Å². The van der Waals surface area contributed by atoms with Gasteiger partial charge in [0.1, 0.15) is 0 Å². The Hall–Kier alpha value is -1.96. The number of anilines is 2. The van der Waals surface area contributed by atoms with E-state index in [1.165, 1.54) is 22.3 Å². The Morgan fingerprint density at radius 2 is 1.10 bits per heavy atom. The lowest BCUT2D eigenvalue weighted by Gasteiger charge is -2.11. The zero-order valence-electron chi connectivity index (χ0n) is 12.4. The number of nitrogens with two attached hydrogens (primary N) is 2. The molecule has 0 fully saturated rings. The number of aryl methyl sites for hydroxylation is 2. The minimum absolute atomic E-state index is 0.889. The van der Waals surface area contributed by atoms with Crippen LogP contribution in [-0.2, 0) is 12.8 Å². The van der Waals surface area contributed by atoms with Gasteiger partial charge in [0.2, 0.25) is 0 Å². The molecule has 0 aliphatic heterocycles. The topological polar surface area (TPSA) is 52.0 Å². The summed E-state index contributed by atoms with van der Waals surface area (Å²) in [6, 6.07) is 12.6. The Bertz CT molecular complexity index is 534. The van der Waals surface area contributed by atoms with Crippen molar-refractivity contribution < 1.29 is 0 Å². The van der Waals surface area contributed by atoms with E-state index in [1.807, 2.05) is 12.1 Å². The first-order valence-corrected chi connectivity index (χ1v) is 7.42. The summed E-state index contributed by atoms with van der Waals surface area (Å²) in [5.41, 5.74) is 18.8. The summed E-state index contributed by atoms with van der Waals surface area (Å²) in [5, 5.41) is 0. The van der Waals surface area contributed by atoms with E-state index in [0.717, 1.165) is 37.1 Å². The van der Waals surface area contributed by atoms with Crippen LogP contribution in [0.5, 0.6) is 0 Å². The van der Waals surface area contributed by atoms with Crippen molar-refractivity contribution in [2.24, 2.45) is 0 Å². The van der Waals surface area contributed by atoms with Gasteiger partial charge in [-0.1, -0.05) is 38.8 Å². The average molecular weight is 268 g/mol. The molecule has 0 heterocycles. The van der Waals surface area contributed by atoms with Gasteiger partial charge in [-0.2, -0.15) is 0 Å². The smallest absolute Gasteiger partial charge is 0.0346 e. The van der Waals surface area contributed by atoms with Gasteiger partial charge in [-0.15, -0.1) is 0 Å². The molecule has 0 unspecified atom stereocenters. The number of nitrogen functional groups attached to an aromatic ring is 2. The minimum atomic E-state index is 0.889. The predicted octanol–water partition coefficient (Wildman–Crippen LogP) is 4.42. The molecule has 20 heavy (non-hydrogen) atoms. The summed E-state index contributed by atoms with van der Waals surface area (Å²) in [6.45, 7) is 4.35. The van der Waals surface area contributed by atoms with Crippen LogP contribution < -0.4 is 11.5 Å². The molecule has 2 nitrogen and oxygen atoms in total. The summed E-state index contributed by atoms with van der Waals surface area (Å²) in [5.74, 6) is 0. The molecule has 2 aromatic carbocycles. The third kappa shape index (κ3) is 3.13. The number of rotatable bonds is 5. The molecule has 2 aromatic rings. The molecule has 0 bridgehead atoms. The standard InChI is InChI=1S/C18H24N2/c1-3-5-15-11-13(7-9-17(15)19)14-8-10-18(20)16(12-14)6-4-2/h7-12H,3-6,19-20H2,1-2H3. The van der Waals surface area contributed by atoms with Crippen LogP contribution in [0.2, 0.25) is 0 Å². The molecule has 2 rings (SSSR count). The molecule has 0 spiro atoms. The zero-order valence-corrected chi connectivity index (χ0v) is 12.4. The summed E-state index contributed by atoms with van der Waals surface area (Å²) in [4.78, 5) is 0. The fraction of sp³-hybridized carbons (Fsp3) is 0.333. The number of hydrogen-bond acceptors (Lipinski definition) is 2. The van der Waals surface area contributed by atoms with E-state index in [-0.39, 0.29) is 0 Å². The molecule has 2 heteroatoms. The average Bonchev–Trinajstić information content (AvgIpc) is 2.44. The highest BCUT2D eigenvalue weighted by atomic mass is 14.6. The molecule has 0 aliphatic carbocycles. The maximum absolute atomic E-state index is 6.04. The lowest BCUT2D eigenvalue weighted by Crippen LogP contribution is -1.96. The van der Waals surface area contributed by atoms with Crippen LogP contribution in [0, 0.1) is 0 Å². The Kier molecular flexibility index (Phi) is 4.67. The third-order valence-electron chi connectivity index (χ3n) is 3.66. The van der Waals surface area contributed by atoms with E-state index in [1.54, 1.807) is 0 Å². The Morgan fingerprint density at radius 3 is 1.45 bits per heavy atom. The van der Waals surface area contributed by atoms with Crippen LogP contribution in [0.1, 0.15) is 37.8 Å². The zero-order chi connectivity index (χ0) is 14.5. The molecule has 0 aromatic heterocycles. The molecule has 4 N–H and O–H groups in total. The maximum Gasteiger partial charge on any atom is 0.0346 e. The van der Waals surface area contributed by atoms with Crippen molar-refractivity contribution >= 4 is 11.4 Å². The number of benzene rings is 2. The van der Waals surface area contributed by atoms with Crippen LogP contribution >= 0.6 is 0 Å². The van der Waals surface area contributed by atoms with Gasteiger partial charge in [-0.05, 0) is 59.4 Å². The summed E-state index contributed by atoms with van der Waals surface area (Å²) >= 11 is 0. The second kappa shape index (κ2) is 6.47. The maximum atomic E-state index is 6.04. The van der Waals surface area contributed by atoms with Gasteiger partial charge in [0.25, 0.3) is 0 Å². The van der Waals surface area contributed by atoms with Crippen LogP contribution in [0.4, 0.5) is 11.4 Å². The fourth-order valence-corrected chi connectivity index (χ4v) is 2.54. The Labute approximate surface area is 121 Å². The largest absolute Gasteiger partial charge is 0.399 e. The highest BCUT2D eigenvalue weighted by Crippen LogP contribution is 2.27. The highest BCUT2D eigenvalue weighted by molar-refractivity contribution is 5.70. The first-order valence-electron chi connectivity index (χ1n) is 7.42. The molecule has 0 radical (unpaired) electrons. The second-order valence-corrected chi connectivity index (χ2v) is 5.33. The summed E-state index contributed by atoms with van der Waals surface area (Å²) in [6.07, 6.45) is 4.26. The molecular weight excluding hydrogens is 244 g/mol. The van der Waals surface area contributed by atoms with Gasteiger partial charge in [0, 0.05) is 11.4 Å². The van der Waals surface area contributed by atoms with Crippen molar-refractivity contribution in [2.45, 2.75) is 39.5 Å². The third-order valence-corrected chi connectivity index (χ3v) is 3.66. The van der Waals surface area contributed by atoms with Crippen LogP contribution in [-0.4, -0.2) is 0 Å². The predicted molar refractivity (Wildman–Crippen MR) is 88.7 cm³/mol. The van der Waals surface area contributed by atoms with Gasteiger partial charge < -0.3 is 11.5 Å². The van der Waals surface area contributed by atoms with E-state index in [0.29, 0.717) is 0 Å². The normalized spacial score (nSPS) is 10.7. The first-order chi connectivity index (χ1) is 9.65. The molecule has 0 saturated carbocycles. The summed E-state index contributed by atoms with van der Waals surface area (Å²) in [7, 11) is 0. The Morgan fingerprint density at radius 1 is 0.700 bits per heavy atom. The van der Waals surface area contributed by atoms with Crippen LogP contribution in [0.15, 0.2) is 36.4 Å². The van der Waals surface area contributed by atoms with Crippen LogP contribution in [0.3, 0.4) is 0 Å². The van der Waals surface area contributed by atoms with E-state index in [4.69, 9.17) is 11.5 Å². The highest BCUT2D eigenvalue weighted by Gasteiger charge is 2.05. The van der Waals surface area contributed by atoms with Gasteiger partial charge in [-0.25, -0.2) is 0 Å². The summed E-state index contributed by atoms with van der Waals surface area (Å²) < 4.78 is 0. The first kappa shape index (κ1) is 14.4. The van der Waals surface area contributed by atoms with Crippen molar-refractivity contribution in [3.63, 3.8) is 0 Å². The van der Waals surface area contributed by atoms with Gasteiger partial charge in [0.15, 0.2) is 0 Å². The molecule has 0 amide bonds. The van der Waals surface area contributed by atoms with E-state index >= 15 is 0 Å². The SMILES string of the molecule is CCCc1cc(-c2ccc(N)c(CCC)c2)ccc1N. The lowest BCUT2D eigenvalue weighted by molar-refractivity contribution is 0.923. The lowest BCUT2D eigenvalue weighted by atomic mass is 9.96. The van der Waals surface area contributed by atoms with E-state index in [9.17, 15) is 0 Å². The van der Waals surface area contributed by atoms with E-state index < -0.39 is 0 Å². The molecule has 0 saturated heterocycles. The molecular formula is C18H24N2. The van der Waals surface area contributed by atoms with Gasteiger partial charge in [-0.3, -0.25) is 0 Å². The quantitative estimate of drug-likeness (QED) is 0.788. The number of hydrogen-bond donors (Lipinski definition) is 2. The molecule has 0 aliphatic rings. The van der Waals surface area contributed by atoms with Crippen molar-refractivity contribution in [3.05, 3.63) is 47.5 Å². The van der Waals surface area contributed by atoms with Crippen molar-refractivity contribution in [1.29, 1.82) is 0 Å². The van der Waals surface area contributed by atoms with Crippen molar-refractivity contribution in [2.75, 3.05) is 11.5 Å². The van der Waals surface area contributed by atoms with Gasteiger partial charge >= 0.3 is 0 Å². The van der Waals surface area contributed by atoms with E-state index in [2.05, 4.69) is 38.1 Å². The van der Waals surface area contributed by atoms with Crippen molar-refractivity contribution in [1.82, 2.24) is 0 Å². The Balaban J connectivity index is 2.40. The minimum Gasteiger partial charge on any atom is -0.399 e. The second-order valence-electron chi connectivity index (χ2n) is 5.33. The van der Waals surface area contributed by atoms with Crippen molar-refractivity contribution in [3.8, 4) is 11.1 Å². The monoisotopic (exact) mass is 268 g/mol.